The van der Waals surface area contributed by atoms with Crippen molar-refractivity contribution in [1.82, 2.24) is 19.4 Å². The van der Waals surface area contributed by atoms with Gasteiger partial charge in [0.25, 0.3) is 5.56 Å². The summed E-state index contributed by atoms with van der Waals surface area (Å²) in [7, 11) is 1.72. The van der Waals surface area contributed by atoms with Crippen LogP contribution in [-0.2, 0) is 6.54 Å². The zero-order valence-electron chi connectivity index (χ0n) is 23.8. The summed E-state index contributed by atoms with van der Waals surface area (Å²) in [5.74, 6) is 2.76. The molecular weight excluding hydrogens is 607 g/mol. The molecule has 3 aromatic heterocycles. The third-order valence-corrected chi connectivity index (χ3v) is 9.65. The van der Waals surface area contributed by atoms with E-state index in [1.54, 1.807) is 7.11 Å². The average Bonchev–Trinajstić information content (AvgIpc) is 3.38. The van der Waals surface area contributed by atoms with Gasteiger partial charge in [-0.25, -0.2) is 9.78 Å². The van der Waals surface area contributed by atoms with E-state index in [0.717, 1.165) is 73.0 Å². The second-order valence-corrected chi connectivity index (χ2v) is 12.0. The van der Waals surface area contributed by atoms with Gasteiger partial charge in [0.05, 0.1) is 29.6 Å². The smallest absolute Gasteiger partial charge is 0.328 e. The van der Waals surface area contributed by atoms with Gasteiger partial charge in [0.2, 0.25) is 0 Å². The number of nitrogens with one attached hydrogen (secondary N) is 1. The predicted octanol–water partition coefficient (Wildman–Crippen LogP) is 6.10. The van der Waals surface area contributed by atoms with Crippen molar-refractivity contribution in [1.29, 1.82) is 0 Å². The van der Waals surface area contributed by atoms with Gasteiger partial charge in [-0.3, -0.25) is 9.36 Å². The molecule has 226 valence electrons. The molecule has 8 nitrogen and oxygen atoms in total. The normalized spacial score (nSPS) is 17.8. The molecule has 0 bridgehead atoms. The molecule has 1 saturated heterocycles. The van der Waals surface area contributed by atoms with Crippen molar-refractivity contribution in [2.75, 3.05) is 33.4 Å². The van der Waals surface area contributed by atoms with Gasteiger partial charge in [-0.1, -0.05) is 36.4 Å². The molecule has 0 saturated carbocycles. The molecule has 2 aliphatic rings. The van der Waals surface area contributed by atoms with Gasteiger partial charge in [0, 0.05) is 30.1 Å². The first-order valence-corrected chi connectivity index (χ1v) is 15.1. The molecule has 0 radical (unpaired) electrons. The van der Waals surface area contributed by atoms with Crippen molar-refractivity contribution in [2.24, 2.45) is 5.92 Å². The molecule has 0 amide bonds. The summed E-state index contributed by atoms with van der Waals surface area (Å²) in [5.41, 5.74) is 3.62. The zero-order chi connectivity index (χ0) is 27.9. The van der Waals surface area contributed by atoms with Crippen LogP contribution in [0.4, 0.5) is 0 Å². The Kier molecular flexibility index (Phi) is 9.46. The van der Waals surface area contributed by atoms with Crippen LogP contribution in [0.2, 0.25) is 0 Å². The number of benzene rings is 2. The highest BCUT2D eigenvalue weighted by atomic mass is 35.5. The summed E-state index contributed by atoms with van der Waals surface area (Å²) >= 11 is 1.39. The SMILES string of the molecule is COc1cccc2c1[C@@H]1CCN(CCCCn3c(=O)[nH]c4c(sc5ccc(-c6ccccc6)nc54)c3=O)C[C@H]1CO2.Cl.Cl. The molecule has 1 fully saturated rings. The summed E-state index contributed by atoms with van der Waals surface area (Å²) in [4.78, 5) is 36.6. The van der Waals surface area contributed by atoms with E-state index in [1.165, 1.54) is 21.5 Å². The topological polar surface area (TPSA) is 89.5 Å². The van der Waals surface area contributed by atoms with Crippen LogP contribution in [0.1, 0.15) is 30.7 Å². The first-order valence-electron chi connectivity index (χ1n) is 14.2. The van der Waals surface area contributed by atoms with Crippen molar-refractivity contribution in [3.63, 3.8) is 0 Å². The van der Waals surface area contributed by atoms with Crippen LogP contribution < -0.4 is 20.7 Å². The molecule has 0 unspecified atom stereocenters. The van der Waals surface area contributed by atoms with E-state index in [-0.39, 0.29) is 36.1 Å². The zero-order valence-corrected chi connectivity index (χ0v) is 26.2. The number of pyridine rings is 1. The van der Waals surface area contributed by atoms with Crippen LogP contribution in [-0.4, -0.2) is 52.8 Å². The fourth-order valence-electron chi connectivity index (χ4n) is 6.46. The van der Waals surface area contributed by atoms with Gasteiger partial charge in [-0.2, -0.15) is 0 Å². The van der Waals surface area contributed by atoms with Crippen molar-refractivity contribution in [2.45, 2.75) is 31.7 Å². The monoisotopic (exact) mass is 640 g/mol. The fraction of sp³-hybridized carbons (Fsp3) is 0.344. The van der Waals surface area contributed by atoms with Crippen LogP contribution in [0.15, 0.2) is 70.3 Å². The maximum absolute atomic E-state index is 13.4. The molecule has 2 aromatic carbocycles. The number of piperidine rings is 1. The molecule has 2 aliphatic heterocycles. The van der Waals surface area contributed by atoms with E-state index < -0.39 is 0 Å². The molecule has 5 heterocycles. The lowest BCUT2D eigenvalue weighted by Gasteiger charge is -2.42. The molecule has 1 N–H and O–H groups in total. The minimum atomic E-state index is -0.373. The van der Waals surface area contributed by atoms with E-state index in [9.17, 15) is 9.59 Å². The number of thiophene rings is 1. The van der Waals surface area contributed by atoms with E-state index in [2.05, 4.69) is 9.88 Å². The Morgan fingerprint density at radius 1 is 1.02 bits per heavy atom. The summed E-state index contributed by atoms with van der Waals surface area (Å²) in [5, 5.41) is 0. The predicted molar refractivity (Wildman–Crippen MR) is 177 cm³/mol. The van der Waals surface area contributed by atoms with Crippen LogP contribution in [0.5, 0.6) is 11.5 Å². The summed E-state index contributed by atoms with van der Waals surface area (Å²) in [6.07, 6.45) is 2.74. The molecule has 11 heteroatoms. The number of hydrogen-bond acceptors (Lipinski definition) is 7. The number of unbranched alkanes of at least 4 members (excludes halogenated alkanes) is 1. The van der Waals surface area contributed by atoms with Gasteiger partial charge in [0.1, 0.15) is 21.7 Å². The molecule has 7 rings (SSSR count). The number of likely N-dealkylation sites (tertiary alicyclic amines) is 1. The first kappa shape index (κ1) is 31.1. The van der Waals surface area contributed by atoms with E-state index in [4.69, 9.17) is 14.5 Å². The maximum atomic E-state index is 13.4. The Balaban J connectivity index is 0.00000184. The number of fused-ring (bicyclic) bond motifs is 6. The summed E-state index contributed by atoms with van der Waals surface area (Å²) in [6.45, 7) is 4.06. The van der Waals surface area contributed by atoms with Crippen LogP contribution in [0.25, 0.3) is 31.7 Å². The fourth-order valence-corrected chi connectivity index (χ4v) is 7.51. The molecule has 0 aliphatic carbocycles. The lowest BCUT2D eigenvalue weighted by atomic mass is 9.78. The highest BCUT2D eigenvalue weighted by molar-refractivity contribution is 7.25. The molecule has 2 atom stereocenters. The molecule has 43 heavy (non-hydrogen) atoms. The average molecular weight is 642 g/mol. The highest BCUT2D eigenvalue weighted by Gasteiger charge is 2.37. The number of hydrogen-bond donors (Lipinski definition) is 1. The van der Waals surface area contributed by atoms with E-state index in [0.29, 0.717) is 34.1 Å². The Labute approximate surface area is 265 Å². The number of rotatable bonds is 7. The Bertz CT molecular complexity index is 1840. The van der Waals surface area contributed by atoms with Gasteiger partial charge in [-0.05, 0) is 62.5 Å². The number of aromatic amines is 1. The Morgan fingerprint density at radius 3 is 2.65 bits per heavy atom. The van der Waals surface area contributed by atoms with Gasteiger partial charge in [-0.15, -0.1) is 36.2 Å². The van der Waals surface area contributed by atoms with Crippen molar-refractivity contribution < 1.29 is 9.47 Å². The van der Waals surface area contributed by atoms with Gasteiger partial charge < -0.3 is 19.4 Å². The summed E-state index contributed by atoms with van der Waals surface area (Å²) < 4.78 is 14.5. The molecule has 0 spiro atoms. The number of nitrogens with zero attached hydrogens (tertiary/aromatic N) is 3. The van der Waals surface area contributed by atoms with Gasteiger partial charge >= 0.3 is 5.69 Å². The number of H-pyrrole nitrogens is 1. The largest absolute Gasteiger partial charge is 0.496 e. The van der Waals surface area contributed by atoms with Crippen LogP contribution in [0.3, 0.4) is 0 Å². The standard InChI is InChI=1S/C32H32N4O4S.2ClH/c1-39-24-10-7-11-25-27(24)22-14-17-35(18-21(22)19-40-25)15-5-6-16-36-31(37)30-29(34-32(36)38)28-26(41-30)13-12-23(33-28)20-8-3-2-4-9-20;;/h2-4,7-13,21-22H,5-6,14-19H2,1H3,(H,34,38);2*1H/t21-,22+;;/m0../s1. The Hall–Kier alpha value is -3.37. The molecule has 5 aromatic rings. The maximum Gasteiger partial charge on any atom is 0.328 e. The van der Waals surface area contributed by atoms with Crippen molar-refractivity contribution in [3.05, 3.63) is 87.1 Å². The number of ether oxygens (including phenoxy) is 2. The minimum absolute atomic E-state index is 0. The Morgan fingerprint density at radius 2 is 1.84 bits per heavy atom. The second-order valence-electron chi connectivity index (χ2n) is 10.9. The van der Waals surface area contributed by atoms with E-state index >= 15 is 0 Å². The molecular formula is C32H34Cl2N4O4S. The van der Waals surface area contributed by atoms with E-state index in [1.807, 2.05) is 60.7 Å². The summed E-state index contributed by atoms with van der Waals surface area (Å²) in [6, 6.07) is 19.9. The number of methoxy groups -OCH3 is 1. The van der Waals surface area contributed by atoms with Crippen LogP contribution >= 0.6 is 36.2 Å². The second kappa shape index (κ2) is 13.1. The lowest BCUT2D eigenvalue weighted by molar-refractivity contribution is 0.0902. The van der Waals surface area contributed by atoms with Crippen molar-refractivity contribution in [3.8, 4) is 22.8 Å². The third-order valence-electron chi connectivity index (χ3n) is 8.51. The van der Waals surface area contributed by atoms with Gasteiger partial charge in [0.15, 0.2) is 0 Å². The van der Waals surface area contributed by atoms with Crippen LogP contribution in [0, 0.1) is 5.92 Å². The lowest BCUT2D eigenvalue weighted by Crippen LogP contribution is -2.44. The number of halogens is 2. The minimum Gasteiger partial charge on any atom is -0.496 e. The van der Waals surface area contributed by atoms with Crippen molar-refractivity contribution >= 4 is 56.6 Å². The first-order chi connectivity index (χ1) is 20.1. The quantitative estimate of drug-likeness (QED) is 0.216. The number of aromatic nitrogens is 3. The highest BCUT2D eigenvalue weighted by Crippen LogP contribution is 2.46. The third kappa shape index (κ3) is 5.79.